The molecule has 152 valence electrons. The summed E-state index contributed by atoms with van der Waals surface area (Å²) in [7, 11) is 0. The van der Waals surface area contributed by atoms with Crippen LogP contribution in [0, 0.1) is 0 Å². The van der Waals surface area contributed by atoms with Gasteiger partial charge >= 0.3 is 0 Å². The van der Waals surface area contributed by atoms with Crippen molar-refractivity contribution in [3.63, 3.8) is 0 Å². The predicted octanol–water partition coefficient (Wildman–Crippen LogP) is 7.03. The van der Waals surface area contributed by atoms with E-state index in [1.807, 2.05) is 60.7 Å². The summed E-state index contributed by atoms with van der Waals surface area (Å²) in [6.45, 7) is 0. The SMILES string of the molecule is [2H]c1cccc(-n2c3ccccc3c3ccc(-c4cccc(Oc5ccccn5)c4)cc32)n1. The molecule has 0 saturated carbocycles. The molecule has 0 spiro atoms. The van der Waals surface area contributed by atoms with E-state index in [0.717, 1.165) is 44.5 Å². The minimum absolute atomic E-state index is 0.244. The van der Waals surface area contributed by atoms with E-state index in [4.69, 9.17) is 6.11 Å². The highest BCUT2D eigenvalue weighted by atomic mass is 16.5. The minimum Gasteiger partial charge on any atom is -0.439 e. The van der Waals surface area contributed by atoms with Crippen LogP contribution in [0.3, 0.4) is 0 Å². The molecular formula is C28H19N3O. The monoisotopic (exact) mass is 414 g/mol. The Morgan fingerprint density at radius 1 is 0.656 bits per heavy atom. The van der Waals surface area contributed by atoms with E-state index in [0.29, 0.717) is 5.88 Å². The van der Waals surface area contributed by atoms with Crippen LogP contribution in [0.25, 0.3) is 38.8 Å². The fraction of sp³-hybridized carbons (Fsp3) is 0. The number of ether oxygens (including phenoxy) is 1. The number of benzene rings is 3. The second-order valence-electron chi connectivity index (χ2n) is 7.51. The van der Waals surface area contributed by atoms with Crippen molar-refractivity contribution in [1.82, 2.24) is 14.5 Å². The molecule has 0 amide bonds. The highest BCUT2D eigenvalue weighted by Crippen LogP contribution is 2.35. The van der Waals surface area contributed by atoms with E-state index < -0.39 is 0 Å². The Balaban J connectivity index is 1.51. The van der Waals surface area contributed by atoms with Gasteiger partial charge in [0.1, 0.15) is 11.6 Å². The van der Waals surface area contributed by atoms with Crippen LogP contribution in [0.1, 0.15) is 1.37 Å². The normalized spacial score (nSPS) is 11.6. The molecule has 4 heteroatoms. The van der Waals surface area contributed by atoms with E-state index in [-0.39, 0.29) is 6.17 Å². The molecule has 0 saturated heterocycles. The van der Waals surface area contributed by atoms with Gasteiger partial charge in [-0.05, 0) is 53.6 Å². The average Bonchev–Trinajstić information content (AvgIpc) is 3.18. The quantitative estimate of drug-likeness (QED) is 0.311. The Kier molecular flexibility index (Phi) is 4.14. The summed E-state index contributed by atoms with van der Waals surface area (Å²) in [5, 5.41) is 2.30. The highest BCUT2D eigenvalue weighted by molar-refractivity contribution is 6.10. The molecule has 0 unspecified atom stereocenters. The van der Waals surface area contributed by atoms with Gasteiger partial charge in [0, 0.05) is 29.2 Å². The van der Waals surface area contributed by atoms with Crippen LogP contribution < -0.4 is 4.74 Å². The lowest BCUT2D eigenvalue weighted by Gasteiger charge is -2.09. The summed E-state index contributed by atoms with van der Waals surface area (Å²) in [5.41, 5.74) is 4.22. The van der Waals surface area contributed by atoms with E-state index >= 15 is 0 Å². The summed E-state index contributed by atoms with van der Waals surface area (Å²) in [6.07, 6.45) is 1.96. The molecule has 0 aliphatic rings. The minimum atomic E-state index is 0.244. The van der Waals surface area contributed by atoms with Gasteiger partial charge in [0.05, 0.1) is 12.4 Å². The van der Waals surface area contributed by atoms with Gasteiger partial charge in [-0.3, -0.25) is 4.57 Å². The third-order valence-electron chi connectivity index (χ3n) is 5.53. The Labute approximate surface area is 186 Å². The third kappa shape index (κ3) is 3.19. The summed E-state index contributed by atoms with van der Waals surface area (Å²) in [6, 6.07) is 33.9. The zero-order valence-electron chi connectivity index (χ0n) is 18.1. The zero-order chi connectivity index (χ0) is 22.2. The van der Waals surface area contributed by atoms with Crippen molar-refractivity contribution in [2.24, 2.45) is 0 Å². The van der Waals surface area contributed by atoms with Crippen LogP contribution >= 0.6 is 0 Å². The second-order valence-corrected chi connectivity index (χ2v) is 7.51. The molecule has 3 heterocycles. The van der Waals surface area contributed by atoms with E-state index in [2.05, 4.69) is 50.9 Å². The summed E-state index contributed by atoms with van der Waals surface area (Å²) < 4.78 is 16.1. The first-order valence-electron chi connectivity index (χ1n) is 10.9. The van der Waals surface area contributed by atoms with Gasteiger partial charge in [-0.2, -0.15) is 0 Å². The zero-order valence-corrected chi connectivity index (χ0v) is 17.1. The highest BCUT2D eigenvalue weighted by Gasteiger charge is 2.13. The molecule has 0 aliphatic heterocycles. The predicted molar refractivity (Wildman–Crippen MR) is 128 cm³/mol. The van der Waals surface area contributed by atoms with Crippen LogP contribution in [-0.2, 0) is 0 Å². The first kappa shape index (κ1) is 17.3. The molecule has 0 atom stereocenters. The lowest BCUT2D eigenvalue weighted by molar-refractivity contribution is 0.463. The van der Waals surface area contributed by atoms with Gasteiger partial charge in [-0.15, -0.1) is 0 Å². The van der Waals surface area contributed by atoms with E-state index in [1.165, 1.54) is 0 Å². The number of hydrogen-bond donors (Lipinski definition) is 0. The molecular weight excluding hydrogens is 394 g/mol. The lowest BCUT2D eigenvalue weighted by Crippen LogP contribution is -1.96. The number of para-hydroxylation sites is 1. The van der Waals surface area contributed by atoms with E-state index in [1.54, 1.807) is 12.3 Å². The van der Waals surface area contributed by atoms with Crippen LogP contribution in [-0.4, -0.2) is 14.5 Å². The maximum atomic E-state index is 8.00. The maximum Gasteiger partial charge on any atom is 0.219 e. The fourth-order valence-electron chi connectivity index (χ4n) is 4.11. The summed E-state index contributed by atoms with van der Waals surface area (Å²) in [4.78, 5) is 8.73. The Bertz CT molecular complexity index is 1610. The van der Waals surface area contributed by atoms with Gasteiger partial charge in [0.2, 0.25) is 5.88 Å². The number of rotatable bonds is 4. The summed E-state index contributed by atoms with van der Waals surface area (Å²) in [5.74, 6) is 2.03. The average molecular weight is 414 g/mol. The second kappa shape index (κ2) is 7.67. The van der Waals surface area contributed by atoms with Crippen LogP contribution in [0.15, 0.2) is 115 Å². The van der Waals surface area contributed by atoms with Crippen molar-refractivity contribution >= 4 is 21.8 Å². The topological polar surface area (TPSA) is 39.9 Å². The van der Waals surface area contributed by atoms with Gasteiger partial charge in [0.15, 0.2) is 0 Å². The molecule has 0 aliphatic carbocycles. The Morgan fingerprint density at radius 3 is 2.41 bits per heavy atom. The van der Waals surface area contributed by atoms with Crippen molar-refractivity contribution in [3.8, 4) is 28.6 Å². The molecule has 6 aromatic rings. The van der Waals surface area contributed by atoms with Crippen molar-refractivity contribution in [2.45, 2.75) is 0 Å². The molecule has 0 bridgehead atoms. The Morgan fingerprint density at radius 2 is 1.50 bits per heavy atom. The third-order valence-corrected chi connectivity index (χ3v) is 5.53. The maximum absolute atomic E-state index is 8.00. The first-order chi connectivity index (χ1) is 16.3. The molecule has 0 fully saturated rings. The Hall–Kier alpha value is -4.44. The smallest absolute Gasteiger partial charge is 0.219 e. The standard InChI is InChI=1S/C28H19N3O/c1-2-11-25-23(10-1)24-15-14-21(19-26(24)31(25)27-12-3-5-16-29-27)20-8-7-9-22(18-20)32-28-13-4-6-17-30-28/h1-19H/i16D. The van der Waals surface area contributed by atoms with Crippen molar-refractivity contribution in [2.75, 3.05) is 0 Å². The number of fused-ring (bicyclic) bond motifs is 3. The molecule has 3 aromatic carbocycles. The molecule has 32 heavy (non-hydrogen) atoms. The number of nitrogens with zero attached hydrogens (tertiary/aromatic N) is 3. The molecule has 3 aromatic heterocycles. The first-order valence-corrected chi connectivity index (χ1v) is 10.4. The van der Waals surface area contributed by atoms with Crippen molar-refractivity contribution in [3.05, 3.63) is 115 Å². The molecule has 0 radical (unpaired) electrons. The molecule has 0 N–H and O–H groups in total. The molecule has 4 nitrogen and oxygen atoms in total. The van der Waals surface area contributed by atoms with Crippen LogP contribution in [0.2, 0.25) is 0 Å². The fourth-order valence-corrected chi connectivity index (χ4v) is 4.11. The van der Waals surface area contributed by atoms with Gasteiger partial charge in [-0.1, -0.05) is 54.6 Å². The van der Waals surface area contributed by atoms with Gasteiger partial charge < -0.3 is 4.74 Å². The number of aromatic nitrogens is 3. The number of hydrogen-bond acceptors (Lipinski definition) is 3. The van der Waals surface area contributed by atoms with Gasteiger partial charge in [0.25, 0.3) is 0 Å². The largest absolute Gasteiger partial charge is 0.439 e. The van der Waals surface area contributed by atoms with Crippen molar-refractivity contribution in [1.29, 1.82) is 0 Å². The molecule has 6 rings (SSSR count). The van der Waals surface area contributed by atoms with E-state index in [9.17, 15) is 0 Å². The summed E-state index contributed by atoms with van der Waals surface area (Å²) >= 11 is 0. The number of pyridine rings is 2. The van der Waals surface area contributed by atoms with Gasteiger partial charge in [-0.25, -0.2) is 9.97 Å². The van der Waals surface area contributed by atoms with Crippen molar-refractivity contribution < 1.29 is 6.11 Å². The van der Waals surface area contributed by atoms with Crippen LogP contribution in [0.5, 0.6) is 11.6 Å². The lowest BCUT2D eigenvalue weighted by atomic mass is 10.0. The van der Waals surface area contributed by atoms with Crippen LogP contribution in [0.4, 0.5) is 0 Å².